The number of anilines is 1. The lowest BCUT2D eigenvalue weighted by Gasteiger charge is -2.24. The predicted molar refractivity (Wildman–Crippen MR) is 78.0 cm³/mol. The second kappa shape index (κ2) is 6.43. The largest absolute Gasteiger partial charge is 0.366 e. The highest BCUT2D eigenvalue weighted by molar-refractivity contribution is 6.30. The van der Waals surface area contributed by atoms with Crippen molar-refractivity contribution >= 4 is 17.3 Å². The number of hydrogen-bond donors (Lipinski definition) is 1. The van der Waals surface area contributed by atoms with Crippen LogP contribution in [0, 0.1) is 0 Å². The van der Waals surface area contributed by atoms with Crippen molar-refractivity contribution < 1.29 is 0 Å². The van der Waals surface area contributed by atoms with Crippen LogP contribution in [0.3, 0.4) is 0 Å². The first-order valence-corrected chi connectivity index (χ1v) is 6.42. The summed E-state index contributed by atoms with van der Waals surface area (Å²) >= 11 is 6.01. The van der Waals surface area contributed by atoms with Gasteiger partial charge < -0.3 is 10.6 Å². The molecule has 2 aromatic rings. The first-order chi connectivity index (χ1) is 8.79. The number of para-hydroxylation sites is 1. The molecule has 0 saturated heterocycles. The second-order valence-electron chi connectivity index (χ2n) is 4.18. The lowest BCUT2D eigenvalue weighted by molar-refractivity contribution is 0.790. The Morgan fingerprint density at radius 3 is 2.44 bits per heavy atom. The average Bonchev–Trinajstić information content (AvgIpc) is 2.39. The van der Waals surface area contributed by atoms with Crippen molar-refractivity contribution in [2.45, 2.75) is 6.54 Å². The van der Waals surface area contributed by atoms with Gasteiger partial charge in [-0.3, -0.25) is 0 Å². The lowest BCUT2D eigenvalue weighted by atomic mass is 10.2. The van der Waals surface area contributed by atoms with Crippen LogP contribution in [-0.2, 0) is 6.54 Å². The molecule has 0 bridgehead atoms. The van der Waals surface area contributed by atoms with Gasteiger partial charge in [0.25, 0.3) is 0 Å². The van der Waals surface area contributed by atoms with Gasteiger partial charge in [0.2, 0.25) is 0 Å². The molecule has 0 heterocycles. The third-order valence-corrected chi connectivity index (χ3v) is 3.02. The van der Waals surface area contributed by atoms with Crippen LogP contribution in [0.4, 0.5) is 5.69 Å². The van der Waals surface area contributed by atoms with Gasteiger partial charge in [0.1, 0.15) is 0 Å². The minimum Gasteiger partial charge on any atom is -0.366 e. The number of benzene rings is 2. The highest BCUT2D eigenvalue weighted by Crippen LogP contribution is 2.18. The van der Waals surface area contributed by atoms with Gasteiger partial charge >= 0.3 is 0 Å². The summed E-state index contributed by atoms with van der Waals surface area (Å²) in [6.45, 7) is 2.29. The van der Waals surface area contributed by atoms with E-state index in [-0.39, 0.29) is 0 Å². The smallest absolute Gasteiger partial charge is 0.0430 e. The topological polar surface area (TPSA) is 29.3 Å². The van der Waals surface area contributed by atoms with E-state index in [1.165, 1.54) is 11.3 Å². The average molecular weight is 261 g/mol. The van der Waals surface area contributed by atoms with E-state index in [1.807, 2.05) is 36.4 Å². The first kappa shape index (κ1) is 12.9. The minimum atomic E-state index is 0.634. The fourth-order valence-corrected chi connectivity index (χ4v) is 2.16. The molecule has 0 radical (unpaired) electrons. The Balaban J connectivity index is 2.16. The number of hydrogen-bond acceptors (Lipinski definition) is 2. The molecule has 0 aromatic heterocycles. The third-order valence-electron chi connectivity index (χ3n) is 2.78. The maximum Gasteiger partial charge on any atom is 0.0430 e. The van der Waals surface area contributed by atoms with Crippen LogP contribution in [0.1, 0.15) is 5.56 Å². The molecule has 0 unspecified atom stereocenters. The molecule has 0 atom stereocenters. The maximum absolute atomic E-state index is 6.01. The van der Waals surface area contributed by atoms with Gasteiger partial charge in [0.05, 0.1) is 0 Å². The van der Waals surface area contributed by atoms with Crippen molar-refractivity contribution in [2.24, 2.45) is 5.73 Å². The van der Waals surface area contributed by atoms with Gasteiger partial charge in [-0.05, 0) is 29.8 Å². The summed E-state index contributed by atoms with van der Waals surface area (Å²) in [6, 6.07) is 18.2. The van der Waals surface area contributed by atoms with Crippen molar-refractivity contribution in [3.8, 4) is 0 Å². The molecule has 18 heavy (non-hydrogen) atoms. The van der Waals surface area contributed by atoms with E-state index in [2.05, 4.69) is 23.1 Å². The van der Waals surface area contributed by atoms with E-state index in [0.717, 1.165) is 18.1 Å². The molecular formula is C15H17ClN2. The van der Waals surface area contributed by atoms with E-state index in [0.29, 0.717) is 6.54 Å². The van der Waals surface area contributed by atoms with E-state index in [9.17, 15) is 0 Å². The number of nitrogens with two attached hydrogens (primary N) is 1. The molecule has 0 spiro atoms. The van der Waals surface area contributed by atoms with Crippen LogP contribution in [0.25, 0.3) is 0 Å². The first-order valence-electron chi connectivity index (χ1n) is 6.04. The molecule has 2 N–H and O–H groups in total. The molecular weight excluding hydrogens is 244 g/mol. The summed E-state index contributed by atoms with van der Waals surface area (Å²) in [5.41, 5.74) is 8.06. The van der Waals surface area contributed by atoms with E-state index in [4.69, 9.17) is 17.3 Å². The van der Waals surface area contributed by atoms with Crippen molar-refractivity contribution in [1.29, 1.82) is 0 Å². The highest BCUT2D eigenvalue weighted by Gasteiger charge is 2.06. The van der Waals surface area contributed by atoms with Crippen LogP contribution in [0.15, 0.2) is 54.6 Å². The molecule has 3 heteroatoms. The van der Waals surface area contributed by atoms with Gasteiger partial charge in [-0.15, -0.1) is 0 Å². The molecule has 0 aliphatic rings. The van der Waals surface area contributed by atoms with E-state index < -0.39 is 0 Å². The Morgan fingerprint density at radius 1 is 1.00 bits per heavy atom. The zero-order valence-corrected chi connectivity index (χ0v) is 11.0. The molecule has 2 nitrogen and oxygen atoms in total. The highest BCUT2D eigenvalue weighted by atomic mass is 35.5. The quantitative estimate of drug-likeness (QED) is 0.894. The normalized spacial score (nSPS) is 10.3. The fraction of sp³-hybridized carbons (Fsp3) is 0.200. The monoisotopic (exact) mass is 260 g/mol. The van der Waals surface area contributed by atoms with Crippen LogP contribution in [0.5, 0.6) is 0 Å². The van der Waals surface area contributed by atoms with Crippen molar-refractivity contribution in [1.82, 2.24) is 0 Å². The summed E-state index contributed by atoms with van der Waals surface area (Å²) in [4.78, 5) is 2.26. The fourth-order valence-electron chi connectivity index (χ4n) is 1.95. The predicted octanol–water partition coefficient (Wildman–Crippen LogP) is 3.31. The molecule has 94 valence electrons. The van der Waals surface area contributed by atoms with Gasteiger partial charge in [-0.25, -0.2) is 0 Å². The summed E-state index contributed by atoms with van der Waals surface area (Å²) in [6.07, 6.45) is 0. The van der Waals surface area contributed by atoms with E-state index in [1.54, 1.807) is 0 Å². The molecule has 0 saturated carbocycles. The van der Waals surface area contributed by atoms with Gasteiger partial charge in [-0.1, -0.05) is 41.9 Å². The van der Waals surface area contributed by atoms with Gasteiger partial charge in [0.15, 0.2) is 0 Å². The second-order valence-corrected chi connectivity index (χ2v) is 4.61. The summed E-state index contributed by atoms with van der Waals surface area (Å²) in [5.74, 6) is 0. The van der Waals surface area contributed by atoms with Crippen LogP contribution < -0.4 is 10.6 Å². The molecule has 0 fully saturated rings. The third kappa shape index (κ3) is 3.49. The maximum atomic E-state index is 6.01. The summed E-state index contributed by atoms with van der Waals surface area (Å²) < 4.78 is 0. The van der Waals surface area contributed by atoms with Crippen LogP contribution in [0.2, 0.25) is 5.02 Å². The van der Waals surface area contributed by atoms with Gasteiger partial charge in [0, 0.05) is 30.3 Å². The Labute approximate surface area is 113 Å². The Hall–Kier alpha value is -1.51. The van der Waals surface area contributed by atoms with Crippen molar-refractivity contribution in [3.05, 3.63) is 65.2 Å². The number of nitrogens with zero attached hydrogens (tertiary/aromatic N) is 1. The molecule has 0 aliphatic carbocycles. The summed E-state index contributed by atoms with van der Waals surface area (Å²) in [7, 11) is 0. The zero-order valence-electron chi connectivity index (χ0n) is 10.2. The molecule has 2 rings (SSSR count). The zero-order chi connectivity index (χ0) is 12.8. The van der Waals surface area contributed by atoms with E-state index >= 15 is 0 Å². The van der Waals surface area contributed by atoms with Gasteiger partial charge in [-0.2, -0.15) is 0 Å². The SMILES string of the molecule is NCCN(Cc1cccc(Cl)c1)c1ccccc1. The van der Waals surface area contributed by atoms with Crippen molar-refractivity contribution in [3.63, 3.8) is 0 Å². The number of rotatable bonds is 5. The standard InChI is InChI=1S/C15H17ClN2/c16-14-6-4-5-13(11-14)12-18(10-9-17)15-7-2-1-3-8-15/h1-8,11H,9-10,12,17H2. The van der Waals surface area contributed by atoms with Crippen LogP contribution in [-0.4, -0.2) is 13.1 Å². The van der Waals surface area contributed by atoms with Crippen LogP contribution >= 0.6 is 11.6 Å². The molecule has 0 aliphatic heterocycles. The Morgan fingerprint density at radius 2 is 1.78 bits per heavy atom. The lowest BCUT2D eigenvalue weighted by Crippen LogP contribution is -2.28. The summed E-state index contributed by atoms with van der Waals surface area (Å²) in [5, 5.41) is 0.772. The minimum absolute atomic E-state index is 0.634. The number of halogens is 1. The Bertz CT molecular complexity index is 485. The molecule has 0 amide bonds. The van der Waals surface area contributed by atoms with Crippen molar-refractivity contribution in [2.75, 3.05) is 18.0 Å². The Kier molecular flexibility index (Phi) is 4.62. The molecule has 2 aromatic carbocycles.